The first-order valence-electron chi connectivity index (χ1n) is 5.35. The molecular formula is C10H11N5O4. The molecule has 2 heterocycles. The lowest BCUT2D eigenvalue weighted by molar-refractivity contribution is -0.139. The first-order valence-corrected chi connectivity index (χ1v) is 5.35. The van der Waals surface area contributed by atoms with Gasteiger partial charge in [0.1, 0.15) is 11.7 Å². The molecule has 0 aromatic carbocycles. The average molecular weight is 265 g/mol. The van der Waals surface area contributed by atoms with Crippen molar-refractivity contribution in [1.29, 1.82) is 0 Å². The molecule has 1 atom stereocenters. The Morgan fingerprint density at radius 3 is 2.74 bits per heavy atom. The SMILES string of the molecule is O=C(N[C@H](Cc1cnc[nH]1)C(=O)O)c1c[nH]c(=O)[nH]1. The predicted molar refractivity (Wildman–Crippen MR) is 62.6 cm³/mol. The molecule has 0 aliphatic heterocycles. The minimum absolute atomic E-state index is 0.0270. The molecule has 2 rings (SSSR count). The largest absolute Gasteiger partial charge is 0.480 e. The topological polar surface area (TPSA) is 144 Å². The third-order valence-corrected chi connectivity index (χ3v) is 2.42. The van der Waals surface area contributed by atoms with Crippen LogP contribution >= 0.6 is 0 Å². The summed E-state index contributed by atoms with van der Waals surface area (Å²) in [6.45, 7) is 0. The van der Waals surface area contributed by atoms with E-state index in [0.29, 0.717) is 5.69 Å². The molecule has 2 aromatic rings. The number of carboxylic acid groups (broad SMARTS) is 1. The second-order valence-electron chi connectivity index (χ2n) is 3.80. The normalized spacial score (nSPS) is 12.0. The fourth-order valence-corrected chi connectivity index (χ4v) is 1.51. The Hall–Kier alpha value is -2.84. The summed E-state index contributed by atoms with van der Waals surface area (Å²) >= 11 is 0. The number of hydrogen-bond acceptors (Lipinski definition) is 4. The van der Waals surface area contributed by atoms with Gasteiger partial charge in [-0.25, -0.2) is 14.6 Å². The maximum atomic E-state index is 11.7. The smallest absolute Gasteiger partial charge is 0.326 e. The summed E-state index contributed by atoms with van der Waals surface area (Å²) in [5, 5.41) is 11.4. The molecule has 100 valence electrons. The van der Waals surface area contributed by atoms with E-state index in [0.717, 1.165) is 0 Å². The molecule has 0 aliphatic rings. The van der Waals surface area contributed by atoms with E-state index < -0.39 is 23.6 Å². The number of aromatic nitrogens is 4. The summed E-state index contributed by atoms with van der Waals surface area (Å²) in [4.78, 5) is 44.6. The minimum Gasteiger partial charge on any atom is -0.480 e. The van der Waals surface area contributed by atoms with Crippen LogP contribution in [0.3, 0.4) is 0 Å². The van der Waals surface area contributed by atoms with E-state index in [9.17, 15) is 14.4 Å². The van der Waals surface area contributed by atoms with Crippen LogP contribution in [-0.2, 0) is 11.2 Å². The maximum absolute atomic E-state index is 11.7. The van der Waals surface area contributed by atoms with E-state index >= 15 is 0 Å². The molecule has 0 aliphatic carbocycles. The van der Waals surface area contributed by atoms with Crippen molar-refractivity contribution < 1.29 is 14.7 Å². The Morgan fingerprint density at radius 1 is 1.42 bits per heavy atom. The van der Waals surface area contributed by atoms with E-state index in [1.807, 2.05) is 0 Å². The highest BCUT2D eigenvalue weighted by molar-refractivity contribution is 5.94. The van der Waals surface area contributed by atoms with Gasteiger partial charge < -0.3 is 25.4 Å². The van der Waals surface area contributed by atoms with Gasteiger partial charge in [-0.1, -0.05) is 0 Å². The van der Waals surface area contributed by atoms with Gasteiger partial charge in [0.2, 0.25) is 0 Å². The molecule has 5 N–H and O–H groups in total. The summed E-state index contributed by atoms with van der Waals surface area (Å²) in [7, 11) is 0. The van der Waals surface area contributed by atoms with Crippen LogP contribution in [0.15, 0.2) is 23.5 Å². The zero-order chi connectivity index (χ0) is 13.8. The third kappa shape index (κ3) is 3.09. The molecule has 9 heteroatoms. The van der Waals surface area contributed by atoms with Crippen LogP contribution < -0.4 is 11.0 Å². The molecule has 1 amide bonds. The quantitative estimate of drug-likeness (QED) is 0.463. The molecule has 0 saturated heterocycles. The summed E-state index contributed by atoms with van der Waals surface area (Å²) in [5.74, 6) is -1.86. The molecule has 9 nitrogen and oxygen atoms in total. The maximum Gasteiger partial charge on any atom is 0.326 e. The Balaban J connectivity index is 2.06. The number of imidazole rings is 2. The highest BCUT2D eigenvalue weighted by Crippen LogP contribution is 2.00. The van der Waals surface area contributed by atoms with Crippen LogP contribution in [0.1, 0.15) is 16.2 Å². The van der Waals surface area contributed by atoms with E-state index in [1.54, 1.807) is 0 Å². The minimum atomic E-state index is -1.18. The van der Waals surface area contributed by atoms with Crippen LogP contribution in [0.5, 0.6) is 0 Å². The van der Waals surface area contributed by atoms with Gasteiger partial charge in [-0.15, -0.1) is 0 Å². The van der Waals surface area contributed by atoms with Crippen LogP contribution in [0.25, 0.3) is 0 Å². The zero-order valence-corrected chi connectivity index (χ0v) is 9.64. The molecule has 0 unspecified atom stereocenters. The standard InChI is InChI=1S/C10H11N5O4/c16-8(7-3-12-10(19)15-7)14-6(9(17)18)1-5-2-11-4-13-5/h2-4,6H,1H2,(H,11,13)(H,14,16)(H,17,18)(H2,12,15,19)/t6-/m1/s1. The van der Waals surface area contributed by atoms with Gasteiger partial charge in [0.15, 0.2) is 0 Å². The fourth-order valence-electron chi connectivity index (χ4n) is 1.51. The molecule has 19 heavy (non-hydrogen) atoms. The average Bonchev–Trinajstić information content (AvgIpc) is 2.99. The van der Waals surface area contributed by atoms with Crippen LogP contribution in [0, 0.1) is 0 Å². The lowest BCUT2D eigenvalue weighted by Crippen LogP contribution is -2.42. The number of rotatable bonds is 5. The number of carbonyl (C=O) groups is 2. The van der Waals surface area contributed by atoms with E-state index in [2.05, 4.69) is 25.3 Å². The van der Waals surface area contributed by atoms with E-state index in [4.69, 9.17) is 5.11 Å². The lowest BCUT2D eigenvalue weighted by Gasteiger charge is -2.12. The molecule has 0 radical (unpaired) electrons. The Morgan fingerprint density at radius 2 is 2.21 bits per heavy atom. The number of hydrogen-bond donors (Lipinski definition) is 5. The van der Waals surface area contributed by atoms with Gasteiger partial charge in [0, 0.05) is 24.5 Å². The van der Waals surface area contributed by atoms with Crippen molar-refractivity contribution in [2.75, 3.05) is 0 Å². The molecule has 0 saturated carbocycles. The zero-order valence-electron chi connectivity index (χ0n) is 9.64. The molecule has 0 bridgehead atoms. The number of aliphatic carboxylic acids is 1. The summed E-state index contributed by atoms with van der Waals surface area (Å²) in [6, 6.07) is -1.12. The van der Waals surface area contributed by atoms with Crippen molar-refractivity contribution in [1.82, 2.24) is 25.3 Å². The number of nitrogens with one attached hydrogen (secondary N) is 4. The number of nitrogens with zero attached hydrogens (tertiary/aromatic N) is 1. The second-order valence-corrected chi connectivity index (χ2v) is 3.80. The van der Waals surface area contributed by atoms with Crippen molar-refractivity contribution in [2.24, 2.45) is 0 Å². The Labute approximate surface area is 106 Å². The van der Waals surface area contributed by atoms with Crippen LogP contribution in [-0.4, -0.2) is 43.0 Å². The highest BCUT2D eigenvalue weighted by atomic mass is 16.4. The van der Waals surface area contributed by atoms with E-state index in [-0.39, 0.29) is 12.1 Å². The molecular weight excluding hydrogens is 254 g/mol. The van der Waals surface area contributed by atoms with Crippen molar-refractivity contribution >= 4 is 11.9 Å². The van der Waals surface area contributed by atoms with Gasteiger partial charge in [-0.3, -0.25) is 4.79 Å². The molecule has 0 fully saturated rings. The van der Waals surface area contributed by atoms with Gasteiger partial charge >= 0.3 is 11.7 Å². The number of carbonyl (C=O) groups excluding carboxylic acids is 1. The summed E-state index contributed by atoms with van der Waals surface area (Å²) in [6.07, 6.45) is 4.13. The predicted octanol–water partition coefficient (Wildman–Crippen LogP) is -1.15. The van der Waals surface area contributed by atoms with Gasteiger partial charge in [-0.2, -0.15) is 0 Å². The molecule has 0 spiro atoms. The first kappa shape index (κ1) is 12.6. The fraction of sp³-hybridized carbons (Fsp3) is 0.200. The molecule has 2 aromatic heterocycles. The second kappa shape index (κ2) is 5.21. The number of carboxylic acids is 1. The summed E-state index contributed by atoms with van der Waals surface area (Å²) in [5.41, 5.74) is 0.0155. The van der Waals surface area contributed by atoms with Crippen molar-refractivity contribution in [2.45, 2.75) is 12.5 Å². The van der Waals surface area contributed by atoms with Crippen molar-refractivity contribution in [3.05, 3.63) is 40.6 Å². The van der Waals surface area contributed by atoms with Crippen LogP contribution in [0.4, 0.5) is 0 Å². The number of amides is 1. The number of aromatic amines is 3. The van der Waals surface area contributed by atoms with Crippen LogP contribution in [0.2, 0.25) is 0 Å². The number of H-pyrrole nitrogens is 3. The third-order valence-electron chi connectivity index (χ3n) is 2.42. The lowest BCUT2D eigenvalue weighted by atomic mass is 10.1. The monoisotopic (exact) mass is 265 g/mol. The van der Waals surface area contributed by atoms with Gasteiger partial charge in [0.05, 0.1) is 6.33 Å². The Kier molecular flexibility index (Phi) is 3.46. The highest BCUT2D eigenvalue weighted by Gasteiger charge is 2.22. The van der Waals surface area contributed by atoms with Crippen molar-refractivity contribution in [3.8, 4) is 0 Å². The Bertz CT molecular complexity index is 626. The summed E-state index contributed by atoms with van der Waals surface area (Å²) < 4.78 is 0. The van der Waals surface area contributed by atoms with Crippen molar-refractivity contribution in [3.63, 3.8) is 0 Å². The van der Waals surface area contributed by atoms with E-state index in [1.165, 1.54) is 18.7 Å². The first-order chi connectivity index (χ1) is 9.06. The van der Waals surface area contributed by atoms with Gasteiger partial charge in [0.25, 0.3) is 5.91 Å². The van der Waals surface area contributed by atoms with Gasteiger partial charge in [-0.05, 0) is 0 Å².